The SMILES string of the molecule is ClC(Cl)[SiH2]C(Cl)(Cl)C(Cl)(Cl)[SiH2]C(Cl)Cl. The molecule has 0 aliphatic rings. The molecule has 0 nitrogen and oxygen atoms in total. The van der Waals surface area contributed by atoms with Crippen molar-refractivity contribution in [3.63, 3.8) is 0 Å². The minimum absolute atomic E-state index is 0.611. The van der Waals surface area contributed by atoms with Crippen LogP contribution in [-0.2, 0) is 0 Å². The van der Waals surface area contributed by atoms with Crippen molar-refractivity contribution in [1.29, 1.82) is 0 Å². The summed E-state index contributed by atoms with van der Waals surface area (Å²) in [5, 5.41) is 0. The summed E-state index contributed by atoms with van der Waals surface area (Å²) in [6.45, 7) is 0. The van der Waals surface area contributed by atoms with Crippen LogP contribution in [0.25, 0.3) is 0 Å². The van der Waals surface area contributed by atoms with E-state index in [1.54, 1.807) is 0 Å². The average Bonchev–Trinajstić information content (AvgIpc) is 1.78. The zero-order valence-corrected chi connectivity index (χ0v) is 15.5. The summed E-state index contributed by atoms with van der Waals surface area (Å²) in [6, 6.07) is 0. The van der Waals surface area contributed by atoms with Crippen LogP contribution in [0.3, 0.4) is 0 Å². The van der Waals surface area contributed by atoms with Crippen LogP contribution in [-0.4, -0.2) is 35.9 Å². The maximum absolute atomic E-state index is 5.98. The van der Waals surface area contributed by atoms with Crippen molar-refractivity contribution in [2.45, 2.75) is 16.8 Å². The Balaban J connectivity index is 4.51. The summed E-state index contributed by atoms with van der Waals surface area (Å²) < 4.78 is -3.84. The van der Waals surface area contributed by atoms with Gasteiger partial charge in [-0.2, -0.15) is 0 Å². The third kappa shape index (κ3) is 5.90. The first-order valence-electron chi connectivity index (χ1n) is 3.40. The monoisotopic (exact) mass is 390 g/mol. The molecule has 86 valence electrons. The fourth-order valence-electron chi connectivity index (χ4n) is 0.686. The van der Waals surface area contributed by atoms with Crippen LogP contribution in [0.2, 0.25) is 0 Å². The molecule has 0 atom stereocenters. The van der Waals surface area contributed by atoms with Gasteiger partial charge in [-0.1, -0.05) is 0 Å². The van der Waals surface area contributed by atoms with Crippen LogP contribution in [0, 0.1) is 0 Å². The van der Waals surface area contributed by atoms with E-state index in [0.717, 1.165) is 0 Å². The van der Waals surface area contributed by atoms with Gasteiger partial charge in [-0.05, 0) is 0 Å². The topological polar surface area (TPSA) is 0 Å². The number of alkyl halides is 8. The predicted molar refractivity (Wildman–Crippen MR) is 76.9 cm³/mol. The van der Waals surface area contributed by atoms with Crippen LogP contribution >= 0.6 is 92.8 Å². The number of halogens is 8. The molecule has 0 spiro atoms. The Hall–Kier alpha value is 2.75. The van der Waals surface area contributed by atoms with E-state index in [9.17, 15) is 0 Å². The van der Waals surface area contributed by atoms with Gasteiger partial charge < -0.3 is 0 Å². The van der Waals surface area contributed by atoms with Gasteiger partial charge in [-0.15, -0.1) is 92.8 Å². The highest BCUT2D eigenvalue weighted by molar-refractivity contribution is 6.94. The van der Waals surface area contributed by atoms with E-state index < -0.39 is 35.9 Å². The fraction of sp³-hybridized carbons (Fsp3) is 1.00. The van der Waals surface area contributed by atoms with E-state index in [1.807, 2.05) is 0 Å². The van der Waals surface area contributed by atoms with Crippen LogP contribution in [0.1, 0.15) is 0 Å². The lowest BCUT2D eigenvalue weighted by Crippen LogP contribution is -2.49. The molecule has 0 saturated carbocycles. The van der Waals surface area contributed by atoms with Crippen molar-refractivity contribution >= 4 is 112 Å². The van der Waals surface area contributed by atoms with E-state index >= 15 is 0 Å². The maximum Gasteiger partial charge on any atom is 0.132 e. The molecule has 0 aliphatic carbocycles. The van der Waals surface area contributed by atoms with Crippen molar-refractivity contribution in [2.24, 2.45) is 0 Å². The second-order valence-electron chi connectivity index (χ2n) is 2.60. The summed E-state index contributed by atoms with van der Waals surface area (Å²) in [7, 11) is -2.52. The standard InChI is InChI=1S/C4H6Cl8Si2/c5-1(6)13-3(9,10)4(11,12)14-2(7)8/h1-2H,13-14H2. The molecule has 0 aromatic rings. The number of hydrogen-bond acceptors (Lipinski definition) is 0. The summed E-state index contributed by atoms with van der Waals surface area (Å²) in [5.41, 5.74) is 0. The first-order chi connectivity index (χ1) is 6.08. The zero-order valence-electron chi connectivity index (χ0n) is 6.59. The molecule has 0 unspecified atom stereocenters. The van der Waals surface area contributed by atoms with Crippen molar-refractivity contribution in [1.82, 2.24) is 0 Å². The van der Waals surface area contributed by atoms with Gasteiger partial charge in [0.05, 0.1) is 8.92 Å². The first-order valence-corrected chi connectivity index (χ1v) is 9.71. The molecule has 0 saturated heterocycles. The lowest BCUT2D eigenvalue weighted by Gasteiger charge is -2.33. The molecule has 0 rings (SSSR count). The van der Waals surface area contributed by atoms with Crippen LogP contribution in [0.4, 0.5) is 0 Å². The molecule has 14 heavy (non-hydrogen) atoms. The highest BCUT2D eigenvalue weighted by Gasteiger charge is 2.48. The van der Waals surface area contributed by atoms with Crippen molar-refractivity contribution in [3.05, 3.63) is 0 Å². The van der Waals surface area contributed by atoms with Crippen molar-refractivity contribution in [3.8, 4) is 0 Å². The van der Waals surface area contributed by atoms with Crippen molar-refractivity contribution in [2.75, 3.05) is 0 Å². The second-order valence-corrected chi connectivity index (χ2v) is 16.6. The van der Waals surface area contributed by atoms with Gasteiger partial charge in [0.15, 0.2) is 0 Å². The third-order valence-electron chi connectivity index (χ3n) is 1.36. The molecule has 0 radical (unpaired) electrons. The van der Waals surface area contributed by atoms with E-state index in [2.05, 4.69) is 0 Å². The molecule has 0 amide bonds. The molecule has 0 heterocycles. The van der Waals surface area contributed by atoms with Gasteiger partial charge in [-0.3, -0.25) is 0 Å². The number of rotatable bonds is 5. The van der Waals surface area contributed by atoms with E-state index in [4.69, 9.17) is 92.8 Å². The molecule has 0 aliphatic heterocycles. The Morgan fingerprint density at radius 3 is 1.00 bits per heavy atom. The van der Waals surface area contributed by atoms with E-state index in [1.165, 1.54) is 0 Å². The Labute approximate surface area is 127 Å². The molecular weight excluding hydrogens is 388 g/mol. The summed E-state index contributed by atoms with van der Waals surface area (Å²) >= 11 is 46.3. The third-order valence-corrected chi connectivity index (χ3v) is 11.0. The fourth-order valence-corrected chi connectivity index (χ4v) is 10.4. The highest BCUT2D eigenvalue weighted by Crippen LogP contribution is 2.43. The van der Waals surface area contributed by atoms with Gasteiger partial charge in [-0.25, -0.2) is 0 Å². The minimum Gasteiger partial charge on any atom is -0.110 e. The first kappa shape index (κ1) is 16.8. The number of hydrogen-bond donors (Lipinski definition) is 0. The Kier molecular flexibility index (Phi) is 7.93. The molecular formula is C4H6Cl8Si2. The molecule has 10 heteroatoms. The Morgan fingerprint density at radius 1 is 0.643 bits per heavy atom. The van der Waals surface area contributed by atoms with Crippen LogP contribution in [0.15, 0.2) is 0 Å². The van der Waals surface area contributed by atoms with Crippen LogP contribution < -0.4 is 0 Å². The Bertz CT molecular complexity index is 160. The summed E-state index contributed by atoms with van der Waals surface area (Å²) in [5.74, 6) is 0. The molecule has 0 aromatic carbocycles. The minimum atomic E-state index is -1.31. The van der Waals surface area contributed by atoms with E-state index in [-0.39, 0.29) is 0 Å². The Morgan fingerprint density at radius 2 is 0.857 bits per heavy atom. The smallest absolute Gasteiger partial charge is 0.110 e. The summed E-state index contributed by atoms with van der Waals surface area (Å²) in [4.78, 5) is 0. The quantitative estimate of drug-likeness (QED) is 0.497. The zero-order chi connectivity index (χ0) is 11.6. The normalized spacial score (nSPS) is 15.9. The van der Waals surface area contributed by atoms with Crippen molar-refractivity contribution < 1.29 is 0 Å². The molecule has 0 aromatic heterocycles. The lowest BCUT2D eigenvalue weighted by molar-refractivity contribution is 1.06. The van der Waals surface area contributed by atoms with Gasteiger partial charge >= 0.3 is 0 Å². The average molecular weight is 394 g/mol. The second kappa shape index (κ2) is 6.62. The predicted octanol–water partition coefficient (Wildman–Crippen LogP) is 3.11. The van der Waals surface area contributed by atoms with Crippen LogP contribution in [0.5, 0.6) is 0 Å². The molecule has 0 bridgehead atoms. The van der Waals surface area contributed by atoms with Gasteiger partial charge in [0.2, 0.25) is 0 Å². The largest absolute Gasteiger partial charge is 0.132 e. The molecule has 0 N–H and O–H groups in total. The lowest BCUT2D eigenvalue weighted by atomic mass is 10.9. The summed E-state index contributed by atoms with van der Waals surface area (Å²) in [6.07, 6.45) is 0. The van der Waals surface area contributed by atoms with E-state index in [0.29, 0.717) is 0 Å². The van der Waals surface area contributed by atoms with Gasteiger partial charge in [0.25, 0.3) is 0 Å². The van der Waals surface area contributed by atoms with Gasteiger partial charge in [0, 0.05) is 0 Å². The van der Waals surface area contributed by atoms with Gasteiger partial charge in [0.1, 0.15) is 27.0 Å². The molecule has 0 fully saturated rings. The highest BCUT2D eigenvalue weighted by atomic mass is 35.5. The maximum atomic E-state index is 5.98.